The number of nitrogens with one attached hydrogen (secondary N) is 2. The van der Waals surface area contributed by atoms with E-state index < -0.39 is 11.8 Å². The van der Waals surface area contributed by atoms with E-state index in [0.29, 0.717) is 45.6 Å². The van der Waals surface area contributed by atoms with Crippen molar-refractivity contribution in [3.05, 3.63) is 93.0 Å². The van der Waals surface area contributed by atoms with Gasteiger partial charge in [0.1, 0.15) is 11.5 Å². The molecule has 2 aromatic carbocycles. The Morgan fingerprint density at radius 3 is 2.66 bits per heavy atom. The molecule has 2 amide bonds. The Morgan fingerprint density at radius 2 is 1.83 bits per heavy atom. The van der Waals surface area contributed by atoms with E-state index in [4.69, 9.17) is 27.6 Å². The summed E-state index contributed by atoms with van der Waals surface area (Å²) in [5.41, 5.74) is 6.19. The molecule has 0 bridgehead atoms. The lowest BCUT2D eigenvalue weighted by atomic mass is 9.93. The SMILES string of the molecule is Cc1c(C(=O)Nc2ccc(Cl)c(Cl)c2)oc2c1/C(=N/NC(=O)c1ccc3ccccc3n1)CCC2. The van der Waals surface area contributed by atoms with E-state index in [2.05, 4.69) is 20.8 Å². The summed E-state index contributed by atoms with van der Waals surface area (Å²) in [4.78, 5) is 30.0. The lowest BCUT2D eigenvalue weighted by Crippen LogP contribution is -2.23. The Bertz CT molecular complexity index is 1510. The predicted molar refractivity (Wildman–Crippen MR) is 137 cm³/mol. The van der Waals surface area contributed by atoms with Crippen LogP contribution < -0.4 is 10.7 Å². The van der Waals surface area contributed by atoms with Gasteiger partial charge in [0, 0.05) is 28.6 Å². The molecule has 2 N–H and O–H groups in total. The maximum absolute atomic E-state index is 12.9. The number of rotatable bonds is 4. The number of furan rings is 1. The van der Waals surface area contributed by atoms with Crippen molar-refractivity contribution in [3.63, 3.8) is 0 Å². The number of aromatic nitrogens is 1. The molecule has 1 aliphatic rings. The zero-order chi connectivity index (χ0) is 24.5. The number of halogens is 2. The minimum Gasteiger partial charge on any atom is -0.455 e. The number of hydrogen-bond acceptors (Lipinski definition) is 5. The Kier molecular flexibility index (Phi) is 6.28. The molecule has 0 saturated heterocycles. The topological polar surface area (TPSA) is 96.6 Å². The van der Waals surface area contributed by atoms with E-state index in [9.17, 15) is 9.59 Å². The highest BCUT2D eigenvalue weighted by Crippen LogP contribution is 2.31. The van der Waals surface area contributed by atoms with Gasteiger partial charge in [0.05, 0.1) is 21.3 Å². The highest BCUT2D eigenvalue weighted by Gasteiger charge is 2.28. The molecule has 9 heteroatoms. The van der Waals surface area contributed by atoms with Crippen LogP contribution in [0.2, 0.25) is 10.0 Å². The summed E-state index contributed by atoms with van der Waals surface area (Å²) in [6.07, 6.45) is 2.11. The normalized spacial score (nSPS) is 14.1. The molecule has 0 spiro atoms. The molecule has 35 heavy (non-hydrogen) atoms. The lowest BCUT2D eigenvalue weighted by molar-refractivity contribution is 0.0949. The summed E-state index contributed by atoms with van der Waals surface area (Å²) >= 11 is 12.0. The average Bonchev–Trinajstić information content (AvgIpc) is 3.21. The fourth-order valence-electron chi connectivity index (χ4n) is 4.13. The fourth-order valence-corrected chi connectivity index (χ4v) is 4.42. The van der Waals surface area contributed by atoms with Crippen molar-refractivity contribution in [2.75, 3.05) is 5.32 Å². The smallest absolute Gasteiger partial charge is 0.291 e. The van der Waals surface area contributed by atoms with Crippen molar-refractivity contribution in [2.45, 2.75) is 26.2 Å². The summed E-state index contributed by atoms with van der Waals surface area (Å²) in [6.45, 7) is 1.81. The molecule has 5 rings (SSSR count). The first kappa shape index (κ1) is 23.1. The number of anilines is 1. The van der Waals surface area contributed by atoms with E-state index in [1.807, 2.05) is 30.3 Å². The minimum absolute atomic E-state index is 0.193. The number of amides is 2. The molecule has 0 unspecified atom stereocenters. The Hall–Kier alpha value is -3.68. The number of carbonyl (C=O) groups is 2. The Morgan fingerprint density at radius 1 is 1.00 bits per heavy atom. The zero-order valence-corrected chi connectivity index (χ0v) is 20.2. The molecule has 176 valence electrons. The summed E-state index contributed by atoms with van der Waals surface area (Å²) in [6, 6.07) is 15.9. The van der Waals surface area contributed by atoms with Crippen molar-refractivity contribution in [2.24, 2.45) is 5.10 Å². The number of para-hydroxylation sites is 1. The average molecular weight is 507 g/mol. The van der Waals surface area contributed by atoms with Gasteiger partial charge in [-0.1, -0.05) is 47.5 Å². The molecule has 2 aromatic heterocycles. The maximum atomic E-state index is 12.9. The van der Waals surface area contributed by atoms with Crippen molar-refractivity contribution < 1.29 is 14.0 Å². The van der Waals surface area contributed by atoms with Crippen LogP contribution in [0.3, 0.4) is 0 Å². The first-order valence-electron chi connectivity index (χ1n) is 11.0. The lowest BCUT2D eigenvalue weighted by Gasteiger charge is -2.13. The molecule has 2 heterocycles. The van der Waals surface area contributed by atoms with E-state index in [0.717, 1.165) is 22.9 Å². The molecule has 0 saturated carbocycles. The second-order valence-corrected chi connectivity index (χ2v) is 8.99. The van der Waals surface area contributed by atoms with Gasteiger partial charge >= 0.3 is 0 Å². The van der Waals surface area contributed by atoms with Crippen LogP contribution in [0.4, 0.5) is 5.69 Å². The molecule has 1 aliphatic carbocycles. The van der Waals surface area contributed by atoms with Gasteiger partial charge in [-0.25, -0.2) is 10.4 Å². The van der Waals surface area contributed by atoms with Gasteiger partial charge < -0.3 is 9.73 Å². The van der Waals surface area contributed by atoms with Crippen LogP contribution in [-0.2, 0) is 6.42 Å². The van der Waals surface area contributed by atoms with Crippen molar-refractivity contribution in [1.29, 1.82) is 0 Å². The largest absolute Gasteiger partial charge is 0.455 e. The van der Waals surface area contributed by atoms with Crippen LogP contribution in [-0.4, -0.2) is 22.5 Å². The maximum Gasteiger partial charge on any atom is 0.291 e. The van der Waals surface area contributed by atoms with E-state index in [1.54, 1.807) is 31.2 Å². The van der Waals surface area contributed by atoms with Gasteiger partial charge in [-0.15, -0.1) is 0 Å². The number of benzene rings is 2. The molecule has 0 fully saturated rings. The van der Waals surface area contributed by atoms with Crippen LogP contribution in [0, 0.1) is 6.92 Å². The summed E-state index contributed by atoms with van der Waals surface area (Å²) in [5.74, 6) is 0.0520. The van der Waals surface area contributed by atoms with Gasteiger partial charge in [0.25, 0.3) is 11.8 Å². The number of nitrogens with zero attached hydrogens (tertiary/aromatic N) is 2. The van der Waals surface area contributed by atoms with Crippen LogP contribution in [0.5, 0.6) is 0 Å². The second-order valence-electron chi connectivity index (χ2n) is 8.18. The fraction of sp³-hybridized carbons (Fsp3) is 0.154. The highest BCUT2D eigenvalue weighted by atomic mass is 35.5. The highest BCUT2D eigenvalue weighted by molar-refractivity contribution is 6.42. The van der Waals surface area contributed by atoms with Crippen molar-refractivity contribution in [3.8, 4) is 0 Å². The van der Waals surface area contributed by atoms with Crippen molar-refractivity contribution >= 4 is 57.3 Å². The second kappa shape index (κ2) is 9.52. The number of aryl methyl sites for hydroxylation is 1. The number of fused-ring (bicyclic) bond motifs is 2. The molecular weight excluding hydrogens is 487 g/mol. The van der Waals surface area contributed by atoms with Gasteiger partial charge in [-0.05, 0) is 50.1 Å². The van der Waals surface area contributed by atoms with Crippen molar-refractivity contribution in [1.82, 2.24) is 10.4 Å². The third-order valence-electron chi connectivity index (χ3n) is 5.83. The van der Waals surface area contributed by atoms with Crippen LogP contribution in [0.15, 0.2) is 64.1 Å². The standard InChI is InChI=1S/C26H20Cl2N4O3/c1-14-23-20(31-32-25(33)21-12-9-15-5-2-3-6-19(15)30-21)7-4-8-22(23)35-24(14)26(34)29-16-10-11-17(27)18(28)13-16/h2-3,5-6,9-13H,4,7-8H2,1H3,(H,29,34)(H,32,33)/b31-20+. The monoisotopic (exact) mass is 506 g/mol. The van der Waals surface area contributed by atoms with E-state index in [1.165, 1.54) is 0 Å². The van der Waals surface area contributed by atoms with E-state index in [-0.39, 0.29) is 11.5 Å². The molecule has 0 atom stereocenters. The summed E-state index contributed by atoms with van der Waals surface area (Å²) in [5, 5.41) is 8.85. The number of hydrogen-bond donors (Lipinski definition) is 2. The first-order valence-corrected chi connectivity index (χ1v) is 11.8. The van der Waals surface area contributed by atoms with E-state index >= 15 is 0 Å². The number of pyridine rings is 1. The van der Waals surface area contributed by atoms with Gasteiger partial charge in [-0.2, -0.15) is 5.10 Å². The molecule has 7 nitrogen and oxygen atoms in total. The van der Waals surface area contributed by atoms with Crippen LogP contribution in [0.25, 0.3) is 10.9 Å². The minimum atomic E-state index is -0.408. The number of carbonyl (C=O) groups excluding carboxylic acids is 2. The van der Waals surface area contributed by atoms with Crippen LogP contribution in [0.1, 0.15) is 50.8 Å². The Balaban J connectivity index is 1.37. The van der Waals surface area contributed by atoms with Gasteiger partial charge in [0.2, 0.25) is 0 Å². The molecule has 0 aliphatic heterocycles. The zero-order valence-electron chi connectivity index (χ0n) is 18.7. The quantitative estimate of drug-likeness (QED) is 0.323. The van der Waals surface area contributed by atoms with Gasteiger partial charge in [-0.3, -0.25) is 9.59 Å². The third-order valence-corrected chi connectivity index (χ3v) is 6.57. The third kappa shape index (κ3) is 4.65. The van der Waals surface area contributed by atoms with Crippen LogP contribution >= 0.6 is 23.2 Å². The Labute approximate surface area is 211 Å². The molecule has 4 aromatic rings. The first-order chi connectivity index (χ1) is 16.9. The predicted octanol–water partition coefficient (Wildman–Crippen LogP) is 6.17. The summed E-state index contributed by atoms with van der Waals surface area (Å²) < 4.78 is 5.92. The molecule has 0 radical (unpaired) electrons. The molecular formula is C26H20Cl2N4O3. The number of hydrazone groups is 1. The van der Waals surface area contributed by atoms with Gasteiger partial charge in [0.15, 0.2) is 5.76 Å². The summed E-state index contributed by atoms with van der Waals surface area (Å²) in [7, 11) is 0.